The first-order valence-electron chi connectivity index (χ1n) is 5.55. The standard InChI is InChI=1S/C14H12BrNO3/c15-9-12(17)8-11-3-1-2-10(4-5-14(18)19)13(11)6-7-16/h1-5H,6,8-9H2,(H,18,19)/b5-4+. The van der Waals surface area contributed by atoms with E-state index in [0.29, 0.717) is 11.1 Å². The van der Waals surface area contributed by atoms with E-state index in [-0.39, 0.29) is 24.0 Å². The van der Waals surface area contributed by atoms with E-state index < -0.39 is 5.97 Å². The molecule has 1 N–H and O–H groups in total. The van der Waals surface area contributed by atoms with Crippen LogP contribution < -0.4 is 0 Å². The summed E-state index contributed by atoms with van der Waals surface area (Å²) in [5.74, 6) is -1.04. The number of carbonyl (C=O) groups excluding carboxylic acids is 1. The predicted octanol–water partition coefficient (Wildman–Crippen LogP) is 2.36. The molecule has 0 heterocycles. The molecule has 98 valence electrons. The van der Waals surface area contributed by atoms with Crippen molar-refractivity contribution in [2.45, 2.75) is 12.8 Å². The molecule has 0 aliphatic rings. The van der Waals surface area contributed by atoms with E-state index in [1.54, 1.807) is 18.2 Å². The molecule has 4 nitrogen and oxygen atoms in total. The Morgan fingerprint density at radius 2 is 2.16 bits per heavy atom. The SMILES string of the molecule is N#CCc1c(/C=C/C(=O)O)cccc1CC(=O)CBr. The zero-order chi connectivity index (χ0) is 14.3. The van der Waals surface area contributed by atoms with E-state index in [9.17, 15) is 9.59 Å². The molecule has 1 rings (SSSR count). The van der Waals surface area contributed by atoms with Crippen LogP contribution in [0.25, 0.3) is 6.08 Å². The van der Waals surface area contributed by atoms with Crippen molar-refractivity contribution in [1.82, 2.24) is 0 Å². The Morgan fingerprint density at radius 1 is 1.42 bits per heavy atom. The van der Waals surface area contributed by atoms with Crippen molar-refractivity contribution >= 4 is 33.8 Å². The third-order valence-corrected chi connectivity index (χ3v) is 3.13. The minimum atomic E-state index is -1.05. The highest BCUT2D eigenvalue weighted by molar-refractivity contribution is 9.09. The van der Waals surface area contributed by atoms with Crippen LogP contribution in [-0.2, 0) is 22.4 Å². The van der Waals surface area contributed by atoms with Gasteiger partial charge in [-0.3, -0.25) is 4.79 Å². The van der Waals surface area contributed by atoms with Crippen LogP contribution in [0.2, 0.25) is 0 Å². The smallest absolute Gasteiger partial charge is 0.328 e. The number of benzene rings is 1. The highest BCUT2D eigenvalue weighted by Gasteiger charge is 2.10. The lowest BCUT2D eigenvalue weighted by atomic mass is 9.95. The molecule has 0 aliphatic heterocycles. The van der Waals surface area contributed by atoms with Crippen LogP contribution in [0.5, 0.6) is 0 Å². The second-order valence-electron chi connectivity index (χ2n) is 3.84. The summed E-state index contributed by atoms with van der Waals surface area (Å²) in [5.41, 5.74) is 2.12. The number of halogens is 1. The van der Waals surface area contributed by atoms with E-state index in [4.69, 9.17) is 10.4 Å². The minimum absolute atomic E-state index is 0.0125. The number of ketones is 1. The third kappa shape index (κ3) is 4.68. The second kappa shape index (κ2) is 7.49. The summed E-state index contributed by atoms with van der Waals surface area (Å²) in [4.78, 5) is 22.0. The molecule has 0 saturated carbocycles. The summed E-state index contributed by atoms with van der Waals surface area (Å²) in [5, 5.41) is 17.7. The molecule has 0 fully saturated rings. The quantitative estimate of drug-likeness (QED) is 0.644. The van der Waals surface area contributed by atoms with Crippen LogP contribution in [0.1, 0.15) is 16.7 Å². The third-order valence-electron chi connectivity index (χ3n) is 2.51. The summed E-state index contributed by atoms with van der Waals surface area (Å²) in [6.07, 6.45) is 2.84. The molecular formula is C14H12BrNO3. The molecule has 0 bridgehead atoms. The van der Waals surface area contributed by atoms with Gasteiger partial charge in [-0.15, -0.1) is 0 Å². The highest BCUT2D eigenvalue weighted by Crippen LogP contribution is 2.18. The molecule has 0 spiro atoms. The minimum Gasteiger partial charge on any atom is -0.478 e. The normalized spacial score (nSPS) is 10.3. The van der Waals surface area contributed by atoms with Crippen LogP contribution >= 0.6 is 15.9 Å². The summed E-state index contributed by atoms with van der Waals surface area (Å²) in [6.45, 7) is 0. The van der Waals surface area contributed by atoms with Gasteiger partial charge in [0.25, 0.3) is 0 Å². The molecular weight excluding hydrogens is 310 g/mol. The molecule has 0 radical (unpaired) electrons. The molecule has 0 aromatic heterocycles. The van der Waals surface area contributed by atoms with E-state index in [1.807, 2.05) is 6.07 Å². The van der Waals surface area contributed by atoms with Crippen molar-refractivity contribution in [3.8, 4) is 6.07 Å². The number of hydrogen-bond donors (Lipinski definition) is 1. The number of carbonyl (C=O) groups is 2. The monoisotopic (exact) mass is 321 g/mol. The predicted molar refractivity (Wildman–Crippen MR) is 74.9 cm³/mol. The maximum Gasteiger partial charge on any atom is 0.328 e. The molecule has 0 atom stereocenters. The number of rotatable bonds is 6. The van der Waals surface area contributed by atoms with Crippen LogP contribution in [0, 0.1) is 11.3 Å². The number of hydrogen-bond acceptors (Lipinski definition) is 3. The molecule has 0 saturated heterocycles. The molecule has 0 aliphatic carbocycles. The number of Topliss-reactive ketones (excluding diaryl/α,β-unsaturated/α-hetero) is 1. The number of nitriles is 1. The van der Waals surface area contributed by atoms with Crippen molar-refractivity contribution in [2.24, 2.45) is 0 Å². The maximum absolute atomic E-state index is 11.5. The van der Waals surface area contributed by atoms with Gasteiger partial charge in [0.05, 0.1) is 17.8 Å². The lowest BCUT2D eigenvalue weighted by Gasteiger charge is -2.09. The first-order valence-corrected chi connectivity index (χ1v) is 6.67. The Bertz CT molecular complexity index is 558. The van der Waals surface area contributed by atoms with Crippen LogP contribution in [0.15, 0.2) is 24.3 Å². The van der Waals surface area contributed by atoms with Gasteiger partial charge in [-0.05, 0) is 22.8 Å². The molecule has 19 heavy (non-hydrogen) atoms. The summed E-state index contributed by atoms with van der Waals surface area (Å²) < 4.78 is 0. The van der Waals surface area contributed by atoms with Crippen molar-refractivity contribution in [3.05, 3.63) is 41.0 Å². The fourth-order valence-electron chi connectivity index (χ4n) is 1.69. The number of alkyl halides is 1. The summed E-state index contributed by atoms with van der Waals surface area (Å²) >= 11 is 3.10. The van der Waals surface area contributed by atoms with Gasteiger partial charge < -0.3 is 5.11 Å². The van der Waals surface area contributed by atoms with E-state index in [0.717, 1.165) is 11.6 Å². The Hall–Kier alpha value is -1.93. The van der Waals surface area contributed by atoms with E-state index in [1.165, 1.54) is 6.08 Å². The second-order valence-corrected chi connectivity index (χ2v) is 4.40. The Kier molecular flexibility index (Phi) is 5.97. The van der Waals surface area contributed by atoms with Gasteiger partial charge in [0, 0.05) is 12.5 Å². The lowest BCUT2D eigenvalue weighted by molar-refractivity contribution is -0.131. The van der Waals surface area contributed by atoms with Crippen LogP contribution in [-0.4, -0.2) is 22.2 Å². The average Bonchev–Trinajstić information content (AvgIpc) is 2.39. The first kappa shape index (κ1) is 15.1. The number of nitrogens with zero attached hydrogens (tertiary/aromatic N) is 1. The molecule has 0 unspecified atom stereocenters. The first-order chi connectivity index (χ1) is 9.08. The van der Waals surface area contributed by atoms with Gasteiger partial charge in [0.2, 0.25) is 0 Å². The van der Waals surface area contributed by atoms with Crippen LogP contribution in [0.4, 0.5) is 0 Å². The summed E-state index contributed by atoms with van der Waals surface area (Å²) in [7, 11) is 0. The van der Waals surface area contributed by atoms with Crippen molar-refractivity contribution in [2.75, 3.05) is 5.33 Å². The van der Waals surface area contributed by atoms with Gasteiger partial charge >= 0.3 is 5.97 Å². The molecule has 1 aromatic rings. The Labute approximate surface area is 119 Å². The number of carboxylic acids is 1. The molecule has 0 amide bonds. The largest absolute Gasteiger partial charge is 0.478 e. The molecule has 5 heteroatoms. The summed E-state index contributed by atoms with van der Waals surface area (Å²) in [6, 6.07) is 7.30. The molecule has 1 aromatic carbocycles. The number of aliphatic carboxylic acids is 1. The topological polar surface area (TPSA) is 78.2 Å². The lowest BCUT2D eigenvalue weighted by Crippen LogP contribution is -2.07. The fourth-order valence-corrected chi connectivity index (χ4v) is 1.89. The van der Waals surface area contributed by atoms with Crippen molar-refractivity contribution in [3.63, 3.8) is 0 Å². The zero-order valence-electron chi connectivity index (χ0n) is 10.1. The van der Waals surface area contributed by atoms with Gasteiger partial charge in [0.1, 0.15) is 5.78 Å². The maximum atomic E-state index is 11.5. The average molecular weight is 322 g/mol. The van der Waals surface area contributed by atoms with Crippen molar-refractivity contribution in [1.29, 1.82) is 5.26 Å². The van der Waals surface area contributed by atoms with Crippen LogP contribution in [0.3, 0.4) is 0 Å². The Morgan fingerprint density at radius 3 is 2.74 bits per heavy atom. The zero-order valence-corrected chi connectivity index (χ0v) is 11.7. The highest BCUT2D eigenvalue weighted by atomic mass is 79.9. The van der Waals surface area contributed by atoms with E-state index >= 15 is 0 Å². The van der Waals surface area contributed by atoms with Gasteiger partial charge in [-0.1, -0.05) is 34.1 Å². The van der Waals surface area contributed by atoms with E-state index in [2.05, 4.69) is 15.9 Å². The van der Waals surface area contributed by atoms with Gasteiger partial charge in [0.15, 0.2) is 0 Å². The Balaban J connectivity index is 3.17. The van der Waals surface area contributed by atoms with Crippen molar-refractivity contribution < 1.29 is 14.7 Å². The van der Waals surface area contributed by atoms with Gasteiger partial charge in [-0.2, -0.15) is 5.26 Å². The van der Waals surface area contributed by atoms with Gasteiger partial charge in [-0.25, -0.2) is 4.79 Å². The fraction of sp³-hybridized carbons (Fsp3) is 0.214. The number of carboxylic acid groups (broad SMARTS) is 1.